The topological polar surface area (TPSA) is 505 Å². The van der Waals surface area contributed by atoms with Crippen molar-refractivity contribution >= 4 is 238 Å². The van der Waals surface area contributed by atoms with E-state index in [1.54, 1.807) is 6.92 Å². The van der Waals surface area contributed by atoms with Gasteiger partial charge in [-0.25, -0.2) is 0 Å². The predicted octanol–water partition coefficient (Wildman–Crippen LogP) is 6.89. The smallest absolute Gasteiger partial charge is 0.322 e. The van der Waals surface area contributed by atoms with E-state index in [2.05, 4.69) is 181 Å². The van der Waals surface area contributed by atoms with E-state index in [0.717, 1.165) is 0 Å². The molecule has 0 aliphatic heterocycles. The Balaban J connectivity index is 7.52. The molecular formula is C82H132Br9N7O32. The van der Waals surface area contributed by atoms with Crippen molar-refractivity contribution in [1.82, 2.24) is 37.2 Å². The third-order valence-electron chi connectivity index (χ3n) is 17.3. The summed E-state index contributed by atoms with van der Waals surface area (Å²) >= 11 is 29.3. The standard InChI is InChI=1S/C82H132Br9N7O32/c1-20-54(99)95-27-28-115-29-30-116-31-32-117-33-34-118-41-79(38-96-55(100)21-24-92-58(103)35-119-42-80(45-122-61(106)70(2,3)83,46-123-62(107)71(4,5)84)47-124-63(108)72(6,7)85,39-97-56(101)22-25-93-59(104)36-120-43-81(48-125-64(109)73(8,9)86,49-126-65(110)74(10,11)87)50-127-66(111)75(12,13)88)40-98-57(102)23-26-94-60(105)37-121-44-82(51-128-67(112)76(14,15)89,52-129-68(113)77(16,17)90)53-130-69(114)78(18,19)91/h20-53H2,1-19H3,(H,92,103)(H,93,104)(H,94,105)(H,95,99)(H,96,100)(H,97,101)(H,98,102). The van der Waals surface area contributed by atoms with Gasteiger partial charge in [0.25, 0.3) is 0 Å². The van der Waals surface area contributed by atoms with Crippen LogP contribution in [-0.2, 0) is 153 Å². The molecule has 48 heteroatoms. The van der Waals surface area contributed by atoms with Crippen molar-refractivity contribution in [3.63, 3.8) is 0 Å². The van der Waals surface area contributed by atoms with Gasteiger partial charge in [0.1, 0.15) is 118 Å². The first-order valence-electron chi connectivity index (χ1n) is 41.3. The van der Waals surface area contributed by atoms with Crippen molar-refractivity contribution in [2.75, 3.05) is 198 Å². The van der Waals surface area contributed by atoms with Crippen LogP contribution in [0.5, 0.6) is 0 Å². The minimum Gasteiger partial charge on any atom is -0.464 e. The van der Waals surface area contributed by atoms with E-state index in [4.69, 9.17) is 75.8 Å². The van der Waals surface area contributed by atoms with Crippen LogP contribution in [0.3, 0.4) is 0 Å². The summed E-state index contributed by atoms with van der Waals surface area (Å²) < 4.78 is 80.5. The van der Waals surface area contributed by atoms with Crippen molar-refractivity contribution in [3.8, 4) is 0 Å². The van der Waals surface area contributed by atoms with E-state index < -0.39 is 268 Å². The molecule has 7 N–H and O–H groups in total. The highest BCUT2D eigenvalue weighted by Crippen LogP contribution is 2.33. The molecule has 0 aliphatic carbocycles. The van der Waals surface area contributed by atoms with Crippen molar-refractivity contribution in [2.24, 2.45) is 21.7 Å². The fourth-order valence-electron chi connectivity index (χ4n) is 9.24. The number of esters is 9. The number of halogens is 9. The first kappa shape index (κ1) is 126. The van der Waals surface area contributed by atoms with E-state index >= 15 is 0 Å². The molecule has 130 heavy (non-hydrogen) atoms. The number of hydrogen-bond acceptors (Lipinski definition) is 32. The number of ether oxygens (including phenoxy) is 16. The Hall–Kier alpha value is -4.44. The molecule has 7 amide bonds. The monoisotopic (exact) mass is 2440 g/mol. The lowest BCUT2D eigenvalue weighted by Gasteiger charge is -2.34. The molecule has 0 fully saturated rings. The second-order valence-electron chi connectivity index (χ2n) is 35.1. The van der Waals surface area contributed by atoms with Crippen LogP contribution in [0.4, 0.5) is 0 Å². The molecule has 0 saturated heterocycles. The van der Waals surface area contributed by atoms with Gasteiger partial charge in [-0.2, -0.15) is 0 Å². The van der Waals surface area contributed by atoms with Gasteiger partial charge in [-0.05, 0) is 125 Å². The highest BCUT2D eigenvalue weighted by molar-refractivity contribution is 9.11. The lowest BCUT2D eigenvalue weighted by Crippen LogP contribution is -2.54. The Labute approximate surface area is 836 Å². The largest absolute Gasteiger partial charge is 0.464 e. The van der Waals surface area contributed by atoms with E-state index in [1.165, 1.54) is 125 Å². The van der Waals surface area contributed by atoms with Gasteiger partial charge in [0.15, 0.2) is 0 Å². The second kappa shape index (κ2) is 59.6. The summed E-state index contributed by atoms with van der Waals surface area (Å²) in [5.74, 6) is -11.1. The summed E-state index contributed by atoms with van der Waals surface area (Å²) in [4.78, 5) is 212. The van der Waals surface area contributed by atoms with Gasteiger partial charge in [-0.1, -0.05) is 150 Å². The minimum absolute atomic E-state index is 0.0181. The minimum atomic E-state index is -1.60. The van der Waals surface area contributed by atoms with Crippen LogP contribution in [0.2, 0.25) is 0 Å². The van der Waals surface area contributed by atoms with Gasteiger partial charge in [0, 0.05) is 76.9 Å². The number of hydrogen-bond donors (Lipinski definition) is 7. The first-order valence-corrected chi connectivity index (χ1v) is 48.4. The molecule has 0 unspecified atom stereocenters. The molecule has 39 nitrogen and oxygen atoms in total. The quantitative estimate of drug-likeness (QED) is 0.0141. The van der Waals surface area contributed by atoms with Crippen LogP contribution in [0.15, 0.2) is 0 Å². The highest BCUT2D eigenvalue weighted by atomic mass is 79.9. The number of amides is 7. The van der Waals surface area contributed by atoms with Gasteiger partial charge in [-0.15, -0.1) is 0 Å². The average Bonchev–Trinajstić information content (AvgIpc) is 0.840. The van der Waals surface area contributed by atoms with Crippen molar-refractivity contribution in [3.05, 3.63) is 0 Å². The Morgan fingerprint density at radius 3 is 0.569 bits per heavy atom. The molecule has 0 aromatic rings. The SMILES string of the molecule is CCC(=O)NCCOCCOCCOCCOCC(CNC(=O)CCNC(=O)COCC(COC(=O)C(C)(C)Br)(COC(=O)C(C)(C)Br)COC(=O)C(C)(C)Br)(CNC(=O)CCNC(=O)COCC(COC(=O)C(C)(C)Br)(COC(=O)C(C)(C)Br)COC(=O)C(C)(C)Br)CNC(=O)CCNC(=O)COCC(COC(=O)C(C)(C)Br)(COC(=O)C(C)(C)Br)COC(=O)C(C)(C)Br. The molecule has 0 radical (unpaired) electrons. The van der Waals surface area contributed by atoms with E-state index in [9.17, 15) is 76.7 Å². The average molecular weight is 2450 g/mol. The maximum Gasteiger partial charge on any atom is 0.322 e. The number of nitrogens with one attached hydrogen (secondary N) is 7. The lowest BCUT2D eigenvalue weighted by atomic mass is 9.88. The van der Waals surface area contributed by atoms with Crippen LogP contribution in [0.25, 0.3) is 0 Å². The van der Waals surface area contributed by atoms with Crippen LogP contribution < -0.4 is 37.2 Å². The summed E-state index contributed by atoms with van der Waals surface area (Å²) in [5, 5.41) is 18.8. The summed E-state index contributed by atoms with van der Waals surface area (Å²) in [6.45, 7) is 19.7. The summed E-state index contributed by atoms with van der Waals surface area (Å²) in [5.41, 5.74) is -6.27. The molecule has 0 saturated carbocycles. The van der Waals surface area contributed by atoms with Crippen LogP contribution in [0, 0.1) is 21.7 Å². The Morgan fingerprint density at radius 2 is 0.377 bits per heavy atom. The second-order valence-corrected chi connectivity index (χ2v) is 53.0. The number of carbonyl (C=O) groups excluding carboxylic acids is 16. The van der Waals surface area contributed by atoms with Crippen molar-refractivity contribution < 1.29 is 153 Å². The molecule has 750 valence electrons. The number of carbonyl (C=O) groups is 16. The van der Waals surface area contributed by atoms with E-state index in [-0.39, 0.29) is 98.0 Å². The van der Waals surface area contributed by atoms with Crippen LogP contribution in [-0.4, -0.2) is 332 Å². The Morgan fingerprint density at radius 1 is 0.200 bits per heavy atom. The predicted molar refractivity (Wildman–Crippen MR) is 506 cm³/mol. The zero-order chi connectivity index (χ0) is 100. The van der Waals surface area contributed by atoms with Crippen molar-refractivity contribution in [2.45, 2.75) is 196 Å². The Kier molecular flexibility index (Phi) is 57.6. The van der Waals surface area contributed by atoms with Gasteiger partial charge in [0.05, 0.1) is 88.9 Å². The first-order chi connectivity index (χ1) is 59.6. The summed E-state index contributed by atoms with van der Waals surface area (Å²) in [7, 11) is 0. The number of rotatable bonds is 69. The van der Waals surface area contributed by atoms with Gasteiger partial charge in [0.2, 0.25) is 41.4 Å². The molecule has 0 aromatic heterocycles. The van der Waals surface area contributed by atoms with Gasteiger partial charge < -0.3 is 113 Å². The van der Waals surface area contributed by atoms with Crippen molar-refractivity contribution in [1.29, 1.82) is 0 Å². The third kappa shape index (κ3) is 56.9. The fourth-order valence-corrected chi connectivity index (χ4v) is 10.3. The highest BCUT2D eigenvalue weighted by Gasteiger charge is 2.46. The van der Waals surface area contributed by atoms with E-state index in [0.29, 0.717) is 13.0 Å². The van der Waals surface area contributed by atoms with Crippen LogP contribution >= 0.6 is 143 Å². The third-order valence-corrected chi connectivity index (χ3v) is 20.2. The van der Waals surface area contributed by atoms with Gasteiger partial charge >= 0.3 is 53.7 Å². The zero-order valence-corrected chi connectivity index (χ0v) is 91.8. The maximum absolute atomic E-state index is 14.0. The molecule has 0 heterocycles. The summed E-state index contributed by atoms with van der Waals surface area (Å²) in [6, 6.07) is 0. The van der Waals surface area contributed by atoms with Gasteiger partial charge in [-0.3, -0.25) is 76.7 Å². The molecule has 0 rings (SSSR count). The lowest BCUT2D eigenvalue weighted by molar-refractivity contribution is -0.172. The Bertz CT molecular complexity index is 3100. The normalized spacial score (nSPS) is 12.7. The molecule has 0 spiro atoms. The molecule has 0 bridgehead atoms. The molecular weight excluding hydrogens is 2310 g/mol. The summed E-state index contributed by atoms with van der Waals surface area (Å²) in [6.07, 6.45) is -0.838. The van der Waals surface area contributed by atoms with Crippen LogP contribution in [0.1, 0.15) is 157 Å². The number of alkyl halides is 9. The fraction of sp³-hybridized carbons (Fsp3) is 0.805. The van der Waals surface area contributed by atoms with E-state index in [1.807, 2.05) is 0 Å². The molecule has 0 aromatic carbocycles. The molecule has 0 aliphatic rings. The molecule has 0 atom stereocenters. The zero-order valence-electron chi connectivity index (χ0n) is 77.5. The maximum atomic E-state index is 14.0.